The summed E-state index contributed by atoms with van der Waals surface area (Å²) in [6, 6.07) is 8.39. The van der Waals surface area contributed by atoms with Crippen molar-refractivity contribution in [2.75, 3.05) is 18.0 Å². The molecule has 0 saturated carbocycles. The van der Waals surface area contributed by atoms with Crippen LogP contribution in [0.5, 0.6) is 0 Å². The molecular formula is C19H30N2. The summed E-state index contributed by atoms with van der Waals surface area (Å²) in [6.07, 6.45) is 5.09. The van der Waals surface area contributed by atoms with Gasteiger partial charge in [0, 0.05) is 30.9 Å². The lowest BCUT2D eigenvalue weighted by Gasteiger charge is -2.46. The molecule has 0 aromatic heterocycles. The third-order valence-corrected chi connectivity index (χ3v) is 5.35. The number of aryl methyl sites for hydroxylation is 2. The van der Waals surface area contributed by atoms with Gasteiger partial charge in [0.15, 0.2) is 0 Å². The molecule has 116 valence electrons. The fourth-order valence-electron chi connectivity index (χ4n) is 3.80. The highest BCUT2D eigenvalue weighted by atomic mass is 15.2. The van der Waals surface area contributed by atoms with E-state index in [-0.39, 0.29) is 0 Å². The van der Waals surface area contributed by atoms with Gasteiger partial charge in [0.1, 0.15) is 0 Å². The van der Waals surface area contributed by atoms with Gasteiger partial charge < -0.3 is 10.2 Å². The van der Waals surface area contributed by atoms with Crippen LogP contribution < -0.4 is 10.2 Å². The lowest BCUT2D eigenvalue weighted by Crippen LogP contribution is -2.60. The molecule has 0 radical (unpaired) electrons. The first-order valence-corrected chi connectivity index (χ1v) is 8.61. The minimum Gasteiger partial charge on any atom is -0.366 e. The monoisotopic (exact) mass is 286 g/mol. The van der Waals surface area contributed by atoms with Crippen LogP contribution in [0, 0.1) is 5.41 Å². The van der Waals surface area contributed by atoms with Crippen LogP contribution in [0.25, 0.3) is 0 Å². The Labute approximate surface area is 129 Å². The van der Waals surface area contributed by atoms with Gasteiger partial charge in [-0.2, -0.15) is 0 Å². The van der Waals surface area contributed by atoms with Gasteiger partial charge in [0.05, 0.1) is 0 Å². The average Bonchev–Trinajstić information content (AvgIpc) is 2.93. The summed E-state index contributed by atoms with van der Waals surface area (Å²) in [7, 11) is 0. The van der Waals surface area contributed by atoms with E-state index in [9.17, 15) is 0 Å². The van der Waals surface area contributed by atoms with Crippen LogP contribution in [-0.4, -0.2) is 25.2 Å². The number of nitrogens with zero attached hydrogens (tertiary/aromatic N) is 1. The molecule has 2 heteroatoms. The standard InChI is InChI=1S/C19H30N2/c1-5-16-12-20-18(19(2,3)4)13-21(16)17-10-9-14-7-6-8-15(14)11-17/h9-11,16,18,20H,5-8,12-13H2,1-4H3. The Kier molecular flexibility index (Phi) is 4.00. The van der Waals surface area contributed by atoms with E-state index in [0.717, 1.165) is 13.1 Å². The number of fused-ring (bicyclic) bond motifs is 1. The van der Waals surface area contributed by atoms with Crippen LogP contribution in [0.3, 0.4) is 0 Å². The van der Waals surface area contributed by atoms with Gasteiger partial charge in [-0.25, -0.2) is 0 Å². The SMILES string of the molecule is CCC1CNC(C(C)(C)C)CN1c1ccc2c(c1)CCC2. The molecule has 1 aromatic rings. The van der Waals surface area contributed by atoms with E-state index in [4.69, 9.17) is 0 Å². The van der Waals surface area contributed by atoms with E-state index < -0.39 is 0 Å². The highest BCUT2D eigenvalue weighted by molar-refractivity contribution is 5.53. The summed E-state index contributed by atoms with van der Waals surface area (Å²) >= 11 is 0. The number of benzene rings is 1. The third kappa shape index (κ3) is 2.96. The Morgan fingerprint density at radius 1 is 1.19 bits per heavy atom. The smallest absolute Gasteiger partial charge is 0.0412 e. The second-order valence-electron chi connectivity index (χ2n) is 7.85. The summed E-state index contributed by atoms with van der Waals surface area (Å²) in [5, 5.41) is 3.77. The van der Waals surface area contributed by atoms with E-state index in [2.05, 4.69) is 56.1 Å². The molecular weight excluding hydrogens is 256 g/mol. The van der Waals surface area contributed by atoms with Gasteiger partial charge in [0.2, 0.25) is 0 Å². The molecule has 1 aliphatic heterocycles. The molecule has 2 atom stereocenters. The summed E-state index contributed by atoms with van der Waals surface area (Å²) in [6.45, 7) is 11.6. The fourth-order valence-corrected chi connectivity index (χ4v) is 3.80. The van der Waals surface area contributed by atoms with Crippen molar-refractivity contribution in [1.29, 1.82) is 0 Å². The van der Waals surface area contributed by atoms with Crippen molar-refractivity contribution >= 4 is 5.69 Å². The zero-order valence-corrected chi connectivity index (χ0v) is 14.1. The van der Waals surface area contributed by atoms with Crippen LogP contribution in [0.1, 0.15) is 51.7 Å². The number of piperazine rings is 1. The quantitative estimate of drug-likeness (QED) is 0.890. The van der Waals surface area contributed by atoms with E-state index >= 15 is 0 Å². The van der Waals surface area contributed by atoms with E-state index in [1.165, 1.54) is 31.4 Å². The molecule has 2 nitrogen and oxygen atoms in total. The number of rotatable bonds is 2. The van der Waals surface area contributed by atoms with Crippen molar-refractivity contribution < 1.29 is 0 Å². The zero-order valence-electron chi connectivity index (χ0n) is 14.1. The number of hydrogen-bond acceptors (Lipinski definition) is 2. The first-order valence-electron chi connectivity index (χ1n) is 8.61. The average molecular weight is 286 g/mol. The second-order valence-corrected chi connectivity index (χ2v) is 7.85. The molecule has 1 aliphatic carbocycles. The first kappa shape index (κ1) is 14.9. The molecule has 2 unspecified atom stereocenters. The molecule has 0 spiro atoms. The van der Waals surface area contributed by atoms with Crippen LogP contribution in [-0.2, 0) is 12.8 Å². The summed E-state index contributed by atoms with van der Waals surface area (Å²) in [4.78, 5) is 2.66. The number of anilines is 1. The predicted octanol–water partition coefficient (Wildman–Crippen LogP) is 3.78. The van der Waals surface area contributed by atoms with Crippen molar-refractivity contribution in [3.05, 3.63) is 29.3 Å². The topological polar surface area (TPSA) is 15.3 Å². The van der Waals surface area contributed by atoms with Crippen LogP contribution >= 0.6 is 0 Å². The van der Waals surface area contributed by atoms with Gasteiger partial charge in [-0.05, 0) is 54.4 Å². The highest BCUT2D eigenvalue weighted by Crippen LogP contribution is 2.31. The van der Waals surface area contributed by atoms with Crippen molar-refractivity contribution in [1.82, 2.24) is 5.32 Å². The largest absolute Gasteiger partial charge is 0.366 e. The van der Waals surface area contributed by atoms with Crippen molar-refractivity contribution in [2.24, 2.45) is 5.41 Å². The summed E-state index contributed by atoms with van der Waals surface area (Å²) < 4.78 is 0. The number of nitrogens with one attached hydrogen (secondary N) is 1. The van der Waals surface area contributed by atoms with Gasteiger partial charge in [-0.15, -0.1) is 0 Å². The molecule has 1 saturated heterocycles. The molecule has 21 heavy (non-hydrogen) atoms. The predicted molar refractivity (Wildman–Crippen MR) is 91.1 cm³/mol. The molecule has 1 heterocycles. The summed E-state index contributed by atoms with van der Waals surface area (Å²) in [5.74, 6) is 0. The van der Waals surface area contributed by atoms with Crippen molar-refractivity contribution in [3.63, 3.8) is 0 Å². The third-order valence-electron chi connectivity index (χ3n) is 5.35. The van der Waals surface area contributed by atoms with Gasteiger partial charge in [-0.1, -0.05) is 33.8 Å². The lowest BCUT2D eigenvalue weighted by molar-refractivity contribution is 0.233. The maximum atomic E-state index is 3.77. The minimum atomic E-state index is 0.313. The normalized spacial score (nSPS) is 26.0. The zero-order chi connectivity index (χ0) is 15.0. The van der Waals surface area contributed by atoms with Crippen LogP contribution in [0.15, 0.2) is 18.2 Å². The molecule has 0 bridgehead atoms. The Bertz CT molecular complexity index is 501. The Morgan fingerprint density at radius 2 is 1.95 bits per heavy atom. The van der Waals surface area contributed by atoms with Gasteiger partial charge >= 0.3 is 0 Å². The Balaban J connectivity index is 1.86. The molecule has 1 fully saturated rings. The Morgan fingerprint density at radius 3 is 2.67 bits per heavy atom. The first-order chi connectivity index (χ1) is 9.99. The second kappa shape index (κ2) is 5.64. The van der Waals surface area contributed by atoms with E-state index in [1.807, 2.05) is 0 Å². The van der Waals surface area contributed by atoms with Gasteiger partial charge in [0.25, 0.3) is 0 Å². The summed E-state index contributed by atoms with van der Waals surface area (Å²) in [5.41, 5.74) is 4.92. The van der Waals surface area contributed by atoms with Crippen molar-refractivity contribution in [2.45, 2.75) is 65.5 Å². The van der Waals surface area contributed by atoms with Gasteiger partial charge in [-0.3, -0.25) is 0 Å². The maximum Gasteiger partial charge on any atom is 0.0412 e. The lowest BCUT2D eigenvalue weighted by atomic mass is 9.84. The molecule has 0 amide bonds. The van der Waals surface area contributed by atoms with Crippen molar-refractivity contribution in [3.8, 4) is 0 Å². The molecule has 1 N–H and O–H groups in total. The number of hydrogen-bond donors (Lipinski definition) is 1. The minimum absolute atomic E-state index is 0.313. The maximum absolute atomic E-state index is 3.77. The van der Waals surface area contributed by atoms with E-state index in [0.29, 0.717) is 17.5 Å². The fraction of sp³-hybridized carbons (Fsp3) is 0.684. The molecule has 2 aliphatic rings. The van der Waals surface area contributed by atoms with E-state index in [1.54, 1.807) is 11.1 Å². The molecule has 1 aromatic carbocycles. The Hall–Kier alpha value is -1.02. The van der Waals surface area contributed by atoms with Crippen LogP contribution in [0.2, 0.25) is 0 Å². The molecule has 3 rings (SSSR count). The highest BCUT2D eigenvalue weighted by Gasteiger charge is 2.33. The van der Waals surface area contributed by atoms with Crippen LogP contribution in [0.4, 0.5) is 5.69 Å².